The van der Waals surface area contributed by atoms with Crippen molar-refractivity contribution in [2.45, 2.75) is 29.5 Å². The largest absolute Gasteiger partial charge is 0.329 e. The number of hydrogen-bond donors (Lipinski definition) is 0. The summed E-state index contributed by atoms with van der Waals surface area (Å²) in [5.41, 5.74) is 0.799. The fourth-order valence-corrected chi connectivity index (χ4v) is 4.70. The molecule has 1 saturated heterocycles. The van der Waals surface area contributed by atoms with Crippen LogP contribution in [0.15, 0.2) is 46.7 Å². The van der Waals surface area contributed by atoms with Gasteiger partial charge in [0.2, 0.25) is 5.91 Å². The smallest absolute Gasteiger partial charge is 0.288 e. The Kier molecular flexibility index (Phi) is 5.93. The van der Waals surface area contributed by atoms with E-state index in [0.29, 0.717) is 24.7 Å². The first kappa shape index (κ1) is 18.8. The highest BCUT2D eigenvalue weighted by Gasteiger charge is 2.35. The second-order valence-electron chi connectivity index (χ2n) is 5.89. The molecule has 138 valence electrons. The molecular weight excluding hydrogens is 378 g/mol. The third kappa shape index (κ3) is 3.91. The fraction of sp³-hybridized carbons (Fsp3) is 0.333. The van der Waals surface area contributed by atoms with Gasteiger partial charge in [-0.05, 0) is 36.4 Å². The lowest BCUT2D eigenvalue weighted by molar-refractivity contribution is -0.124. The first-order chi connectivity index (χ1) is 12.5. The highest BCUT2D eigenvalue weighted by Crippen LogP contribution is 2.33. The van der Waals surface area contributed by atoms with Crippen LogP contribution in [0, 0.1) is 0 Å². The molecule has 1 aromatic heterocycles. The average molecular weight is 396 g/mol. The summed E-state index contributed by atoms with van der Waals surface area (Å²) in [5.74, 6) is -3.12. The normalized spacial score (nSPS) is 17.6. The van der Waals surface area contributed by atoms with E-state index in [1.165, 1.54) is 11.0 Å². The Morgan fingerprint density at radius 3 is 2.73 bits per heavy atom. The quantitative estimate of drug-likeness (QED) is 0.707. The van der Waals surface area contributed by atoms with Gasteiger partial charge in [-0.2, -0.15) is 8.78 Å². The van der Waals surface area contributed by atoms with Crippen LogP contribution >= 0.6 is 23.1 Å². The highest BCUT2D eigenvalue weighted by molar-refractivity contribution is 7.99. The molecule has 1 fully saturated rings. The molecule has 1 aromatic carbocycles. The number of alkyl halides is 2. The first-order valence-corrected chi connectivity index (χ1v) is 9.91. The maximum atomic E-state index is 12.9. The Morgan fingerprint density at radius 2 is 2.04 bits per heavy atom. The van der Waals surface area contributed by atoms with Gasteiger partial charge in [-0.15, -0.1) is 11.3 Å². The topological polar surface area (TPSA) is 40.6 Å². The fourth-order valence-electron chi connectivity index (χ4n) is 3.02. The predicted octanol–water partition coefficient (Wildman–Crippen LogP) is 4.33. The Labute approximate surface area is 158 Å². The third-order valence-electron chi connectivity index (χ3n) is 4.31. The van der Waals surface area contributed by atoms with Gasteiger partial charge in [0, 0.05) is 24.2 Å². The van der Waals surface area contributed by atoms with Crippen molar-refractivity contribution < 1.29 is 18.4 Å². The second kappa shape index (κ2) is 8.18. The van der Waals surface area contributed by atoms with Gasteiger partial charge in [0.15, 0.2) is 0 Å². The molecule has 0 spiro atoms. The number of hydrogen-bond acceptors (Lipinski definition) is 4. The lowest BCUT2D eigenvalue weighted by Gasteiger charge is -2.36. The highest BCUT2D eigenvalue weighted by atomic mass is 32.2. The van der Waals surface area contributed by atoms with Crippen molar-refractivity contribution in [2.24, 2.45) is 0 Å². The summed E-state index contributed by atoms with van der Waals surface area (Å²) in [6.45, 7) is 0.604. The summed E-state index contributed by atoms with van der Waals surface area (Å²) in [4.78, 5) is 29.3. The molecule has 2 amide bonds. The number of thioether (sulfide) groups is 1. The van der Waals surface area contributed by atoms with E-state index in [2.05, 4.69) is 0 Å². The van der Waals surface area contributed by atoms with Crippen LogP contribution in [0.2, 0.25) is 0 Å². The minimum absolute atomic E-state index is 0.141. The number of benzene rings is 1. The van der Waals surface area contributed by atoms with Crippen LogP contribution in [0.25, 0.3) is 0 Å². The van der Waals surface area contributed by atoms with Gasteiger partial charge in [-0.25, -0.2) is 0 Å². The number of piperidine rings is 1. The molecule has 0 bridgehead atoms. The molecule has 1 aliphatic heterocycles. The van der Waals surface area contributed by atoms with Crippen molar-refractivity contribution in [1.82, 2.24) is 4.90 Å². The van der Waals surface area contributed by atoms with Crippen molar-refractivity contribution in [3.63, 3.8) is 0 Å². The Hall–Kier alpha value is -1.93. The van der Waals surface area contributed by atoms with E-state index in [1.807, 2.05) is 30.3 Å². The van der Waals surface area contributed by atoms with Crippen LogP contribution in [-0.4, -0.2) is 42.1 Å². The van der Waals surface area contributed by atoms with Crippen molar-refractivity contribution in [2.75, 3.05) is 18.5 Å². The molecule has 2 aromatic rings. The van der Waals surface area contributed by atoms with Gasteiger partial charge in [-0.1, -0.05) is 30.0 Å². The van der Waals surface area contributed by atoms with E-state index in [4.69, 9.17) is 0 Å². The van der Waals surface area contributed by atoms with Gasteiger partial charge >= 0.3 is 0 Å². The van der Waals surface area contributed by atoms with Crippen molar-refractivity contribution in [3.8, 4) is 0 Å². The lowest BCUT2D eigenvalue weighted by Crippen LogP contribution is -2.53. The number of thiophene rings is 1. The van der Waals surface area contributed by atoms with Gasteiger partial charge in [0.05, 0.1) is 0 Å². The number of carbonyl (C=O) groups is 2. The number of carbonyl (C=O) groups excluding carboxylic acids is 2. The van der Waals surface area contributed by atoms with Crippen LogP contribution in [0.5, 0.6) is 0 Å². The summed E-state index contributed by atoms with van der Waals surface area (Å²) in [6, 6.07) is 10.2. The molecule has 4 nitrogen and oxygen atoms in total. The number of amides is 2. The SMILES string of the molecule is CN(C(=O)c1sccc1SC(F)F)C1CCCN(c2ccccc2)C1=O. The second-order valence-corrected chi connectivity index (χ2v) is 7.84. The van der Waals surface area contributed by atoms with Gasteiger partial charge < -0.3 is 9.80 Å². The maximum Gasteiger partial charge on any atom is 0.288 e. The predicted molar refractivity (Wildman–Crippen MR) is 100 cm³/mol. The summed E-state index contributed by atoms with van der Waals surface area (Å²) < 4.78 is 25.4. The minimum atomic E-state index is -2.59. The Bertz CT molecular complexity index is 783. The zero-order valence-corrected chi connectivity index (χ0v) is 15.7. The van der Waals surface area contributed by atoms with Gasteiger partial charge in [0.1, 0.15) is 10.9 Å². The summed E-state index contributed by atoms with van der Waals surface area (Å²) in [6.07, 6.45) is 1.33. The molecule has 2 heterocycles. The number of nitrogens with zero attached hydrogens (tertiary/aromatic N) is 2. The lowest BCUT2D eigenvalue weighted by atomic mass is 10.0. The molecule has 26 heavy (non-hydrogen) atoms. The molecule has 1 atom stereocenters. The molecule has 3 rings (SSSR count). The van der Waals surface area contributed by atoms with Crippen LogP contribution < -0.4 is 4.90 Å². The summed E-state index contributed by atoms with van der Waals surface area (Å²) >= 11 is 1.48. The number of likely N-dealkylation sites (N-methyl/N-ethyl adjacent to an activating group) is 1. The van der Waals surface area contributed by atoms with Crippen LogP contribution in [-0.2, 0) is 4.79 Å². The number of halogens is 2. The Morgan fingerprint density at radius 1 is 1.31 bits per heavy atom. The molecular formula is C18H18F2N2O2S2. The monoisotopic (exact) mass is 396 g/mol. The number of anilines is 1. The average Bonchev–Trinajstić information content (AvgIpc) is 3.09. The molecule has 8 heteroatoms. The van der Waals surface area contributed by atoms with Crippen LogP contribution in [0.3, 0.4) is 0 Å². The zero-order valence-electron chi connectivity index (χ0n) is 14.1. The molecule has 0 radical (unpaired) electrons. The van der Waals surface area contributed by atoms with Crippen molar-refractivity contribution in [1.29, 1.82) is 0 Å². The third-order valence-corrected chi connectivity index (χ3v) is 6.11. The molecule has 1 unspecified atom stereocenters. The van der Waals surface area contributed by atoms with E-state index < -0.39 is 17.7 Å². The first-order valence-electron chi connectivity index (χ1n) is 8.15. The number of rotatable bonds is 5. The minimum Gasteiger partial charge on any atom is -0.329 e. The zero-order chi connectivity index (χ0) is 18.7. The molecule has 1 aliphatic rings. The molecule has 0 N–H and O–H groups in total. The maximum absolute atomic E-state index is 12.9. The van der Waals surface area contributed by atoms with Crippen LogP contribution in [0.1, 0.15) is 22.5 Å². The van der Waals surface area contributed by atoms with E-state index in [1.54, 1.807) is 17.3 Å². The molecule has 0 aliphatic carbocycles. The van der Waals surface area contributed by atoms with Gasteiger partial charge in [-0.3, -0.25) is 9.59 Å². The summed E-state index contributed by atoms with van der Waals surface area (Å²) in [5, 5.41) is 1.62. The Balaban J connectivity index is 1.78. The summed E-state index contributed by atoms with van der Waals surface area (Å²) in [7, 11) is 1.57. The molecule has 0 saturated carbocycles. The number of para-hydroxylation sites is 1. The van der Waals surface area contributed by atoms with Gasteiger partial charge in [0.25, 0.3) is 11.7 Å². The van der Waals surface area contributed by atoms with E-state index in [-0.39, 0.29) is 15.7 Å². The van der Waals surface area contributed by atoms with Crippen molar-refractivity contribution in [3.05, 3.63) is 46.7 Å². The van der Waals surface area contributed by atoms with Crippen LogP contribution in [0.4, 0.5) is 14.5 Å². The standard InChI is InChI=1S/C18H18F2N2O2S2/c1-21(17(24)15-14(9-11-25-15)26-18(19)20)13-8-5-10-22(16(13)23)12-6-3-2-4-7-12/h2-4,6-7,9,11,13,18H,5,8,10H2,1H3. The van der Waals surface area contributed by atoms with E-state index >= 15 is 0 Å². The van der Waals surface area contributed by atoms with E-state index in [0.717, 1.165) is 23.4 Å². The van der Waals surface area contributed by atoms with Crippen molar-refractivity contribution >= 4 is 40.6 Å². The van der Waals surface area contributed by atoms with E-state index in [9.17, 15) is 18.4 Å².